The number of unbranched alkanes of at least 4 members (excludes halogenated alkanes) is 1. The minimum atomic E-state index is 0.920. The number of nitrogens with zero attached hydrogens (tertiary/aromatic N) is 2. The van der Waals surface area contributed by atoms with Gasteiger partial charge < -0.3 is 5.32 Å². The van der Waals surface area contributed by atoms with Crippen LogP contribution in [0.1, 0.15) is 36.7 Å². The molecule has 0 aliphatic rings. The zero-order valence-electron chi connectivity index (χ0n) is 9.72. The van der Waals surface area contributed by atoms with Crippen molar-refractivity contribution in [2.45, 2.75) is 46.7 Å². The van der Waals surface area contributed by atoms with Crippen LogP contribution < -0.4 is 5.32 Å². The van der Waals surface area contributed by atoms with E-state index >= 15 is 0 Å². The number of aryl methyl sites for hydroxylation is 2. The van der Waals surface area contributed by atoms with Crippen LogP contribution in [0.4, 0.5) is 0 Å². The first-order valence-corrected chi connectivity index (χ1v) is 5.38. The van der Waals surface area contributed by atoms with Crippen LogP contribution in [0.15, 0.2) is 0 Å². The fourth-order valence-corrected chi connectivity index (χ4v) is 1.69. The molecule has 0 unspecified atom stereocenters. The molecule has 1 heterocycles. The van der Waals surface area contributed by atoms with Gasteiger partial charge >= 0.3 is 0 Å². The lowest BCUT2D eigenvalue weighted by atomic mass is 10.2. The SMILES string of the molecule is CCCCn1nc(C)c(CNC)c1C. The van der Waals surface area contributed by atoms with E-state index in [0.29, 0.717) is 0 Å². The normalized spacial score (nSPS) is 10.9. The van der Waals surface area contributed by atoms with Crippen LogP contribution in [-0.4, -0.2) is 16.8 Å². The molecular formula is C11H21N3. The summed E-state index contributed by atoms with van der Waals surface area (Å²) >= 11 is 0. The van der Waals surface area contributed by atoms with Crippen molar-refractivity contribution in [2.24, 2.45) is 0 Å². The molecule has 14 heavy (non-hydrogen) atoms. The molecule has 0 amide bonds. The summed E-state index contributed by atoms with van der Waals surface area (Å²) in [6, 6.07) is 0. The molecule has 0 atom stereocenters. The number of hydrogen-bond acceptors (Lipinski definition) is 2. The Bertz CT molecular complexity index is 289. The van der Waals surface area contributed by atoms with E-state index in [-0.39, 0.29) is 0 Å². The molecule has 0 spiro atoms. The van der Waals surface area contributed by atoms with E-state index < -0.39 is 0 Å². The Morgan fingerprint density at radius 1 is 1.36 bits per heavy atom. The molecule has 0 saturated heterocycles. The Morgan fingerprint density at radius 3 is 2.64 bits per heavy atom. The van der Waals surface area contributed by atoms with Crippen molar-refractivity contribution in [1.29, 1.82) is 0 Å². The maximum absolute atomic E-state index is 4.54. The Hall–Kier alpha value is -0.830. The second-order valence-corrected chi connectivity index (χ2v) is 3.76. The van der Waals surface area contributed by atoms with E-state index in [9.17, 15) is 0 Å². The highest BCUT2D eigenvalue weighted by molar-refractivity contribution is 5.24. The molecule has 80 valence electrons. The smallest absolute Gasteiger partial charge is 0.0641 e. The fourth-order valence-electron chi connectivity index (χ4n) is 1.69. The summed E-state index contributed by atoms with van der Waals surface area (Å²) in [6.45, 7) is 8.42. The van der Waals surface area contributed by atoms with Crippen molar-refractivity contribution in [2.75, 3.05) is 7.05 Å². The molecule has 3 nitrogen and oxygen atoms in total. The lowest BCUT2D eigenvalue weighted by Gasteiger charge is -2.03. The minimum absolute atomic E-state index is 0.920. The molecule has 0 radical (unpaired) electrons. The van der Waals surface area contributed by atoms with Crippen LogP contribution >= 0.6 is 0 Å². The van der Waals surface area contributed by atoms with E-state index in [1.165, 1.54) is 24.1 Å². The van der Waals surface area contributed by atoms with Crippen LogP contribution in [-0.2, 0) is 13.1 Å². The summed E-state index contributed by atoms with van der Waals surface area (Å²) in [4.78, 5) is 0. The Kier molecular flexibility index (Phi) is 4.14. The predicted octanol–water partition coefficient (Wildman–Crippen LogP) is 2.02. The van der Waals surface area contributed by atoms with Crippen molar-refractivity contribution in [3.05, 3.63) is 17.0 Å². The number of hydrogen-bond donors (Lipinski definition) is 1. The van der Waals surface area contributed by atoms with E-state index in [0.717, 1.165) is 18.8 Å². The monoisotopic (exact) mass is 195 g/mol. The summed E-state index contributed by atoms with van der Waals surface area (Å²) in [7, 11) is 1.97. The Morgan fingerprint density at radius 2 is 2.07 bits per heavy atom. The predicted molar refractivity (Wildman–Crippen MR) is 59.4 cm³/mol. The maximum atomic E-state index is 4.54. The van der Waals surface area contributed by atoms with Gasteiger partial charge in [-0.3, -0.25) is 4.68 Å². The number of nitrogens with one attached hydrogen (secondary N) is 1. The maximum Gasteiger partial charge on any atom is 0.0641 e. The van der Waals surface area contributed by atoms with Gasteiger partial charge in [-0.15, -0.1) is 0 Å². The molecule has 0 fully saturated rings. The zero-order valence-corrected chi connectivity index (χ0v) is 9.72. The average molecular weight is 195 g/mol. The summed E-state index contributed by atoms with van der Waals surface area (Å²) in [5, 5.41) is 7.72. The van der Waals surface area contributed by atoms with Crippen LogP contribution in [0.2, 0.25) is 0 Å². The quantitative estimate of drug-likeness (QED) is 0.779. The lowest BCUT2D eigenvalue weighted by Crippen LogP contribution is -2.08. The highest BCUT2D eigenvalue weighted by Crippen LogP contribution is 2.13. The molecule has 0 aliphatic carbocycles. The summed E-state index contributed by atoms with van der Waals surface area (Å²) in [5.74, 6) is 0. The number of aromatic nitrogens is 2. The van der Waals surface area contributed by atoms with Gasteiger partial charge in [0.2, 0.25) is 0 Å². The van der Waals surface area contributed by atoms with Crippen LogP contribution in [0, 0.1) is 13.8 Å². The van der Waals surface area contributed by atoms with Gasteiger partial charge in [0.25, 0.3) is 0 Å². The van der Waals surface area contributed by atoms with Crippen molar-refractivity contribution >= 4 is 0 Å². The van der Waals surface area contributed by atoms with Crippen LogP contribution in [0.3, 0.4) is 0 Å². The van der Waals surface area contributed by atoms with Crippen molar-refractivity contribution in [3.8, 4) is 0 Å². The first kappa shape index (κ1) is 11.2. The van der Waals surface area contributed by atoms with Crippen LogP contribution in [0.5, 0.6) is 0 Å². The Balaban J connectivity index is 2.81. The van der Waals surface area contributed by atoms with Gasteiger partial charge in [0.1, 0.15) is 0 Å². The van der Waals surface area contributed by atoms with Gasteiger partial charge in [0.15, 0.2) is 0 Å². The van der Waals surface area contributed by atoms with E-state index in [2.05, 4.69) is 35.9 Å². The van der Waals surface area contributed by atoms with E-state index in [4.69, 9.17) is 0 Å². The van der Waals surface area contributed by atoms with Crippen LogP contribution in [0.25, 0.3) is 0 Å². The summed E-state index contributed by atoms with van der Waals surface area (Å²) in [5.41, 5.74) is 3.82. The first-order chi connectivity index (χ1) is 6.70. The molecule has 1 N–H and O–H groups in total. The largest absolute Gasteiger partial charge is 0.316 e. The van der Waals surface area contributed by atoms with Gasteiger partial charge in [-0.1, -0.05) is 13.3 Å². The van der Waals surface area contributed by atoms with E-state index in [1.54, 1.807) is 0 Å². The Labute approximate surface area is 86.5 Å². The summed E-state index contributed by atoms with van der Waals surface area (Å²) < 4.78 is 2.13. The highest BCUT2D eigenvalue weighted by atomic mass is 15.3. The molecule has 0 saturated carbocycles. The van der Waals surface area contributed by atoms with E-state index in [1.807, 2.05) is 7.05 Å². The standard InChI is InChI=1S/C11H21N3/c1-5-6-7-14-10(3)11(8-12-4)9(2)13-14/h12H,5-8H2,1-4H3. The number of rotatable bonds is 5. The van der Waals surface area contributed by atoms with Gasteiger partial charge in [-0.05, 0) is 27.3 Å². The molecule has 1 aromatic rings. The van der Waals surface area contributed by atoms with Gasteiger partial charge in [0, 0.05) is 24.3 Å². The molecule has 0 bridgehead atoms. The van der Waals surface area contributed by atoms with Gasteiger partial charge in [0.05, 0.1) is 5.69 Å². The third-order valence-electron chi connectivity index (χ3n) is 2.61. The van der Waals surface area contributed by atoms with Gasteiger partial charge in [-0.25, -0.2) is 0 Å². The molecular weight excluding hydrogens is 174 g/mol. The average Bonchev–Trinajstić information content (AvgIpc) is 2.43. The molecule has 0 aromatic carbocycles. The summed E-state index contributed by atoms with van der Waals surface area (Å²) in [6.07, 6.45) is 2.43. The van der Waals surface area contributed by atoms with Gasteiger partial charge in [-0.2, -0.15) is 5.10 Å². The van der Waals surface area contributed by atoms with Crippen molar-refractivity contribution in [3.63, 3.8) is 0 Å². The molecule has 3 heteroatoms. The highest BCUT2D eigenvalue weighted by Gasteiger charge is 2.09. The second-order valence-electron chi connectivity index (χ2n) is 3.76. The minimum Gasteiger partial charge on any atom is -0.316 e. The molecule has 0 aliphatic heterocycles. The molecule has 1 aromatic heterocycles. The zero-order chi connectivity index (χ0) is 10.6. The van der Waals surface area contributed by atoms with Crippen molar-refractivity contribution in [1.82, 2.24) is 15.1 Å². The van der Waals surface area contributed by atoms with Crippen molar-refractivity contribution < 1.29 is 0 Å². The lowest BCUT2D eigenvalue weighted by molar-refractivity contribution is 0.555. The first-order valence-electron chi connectivity index (χ1n) is 5.38. The third kappa shape index (κ3) is 2.35. The fraction of sp³-hybridized carbons (Fsp3) is 0.727. The molecule has 1 rings (SSSR count). The second kappa shape index (κ2) is 5.15. The third-order valence-corrected chi connectivity index (χ3v) is 2.61. The topological polar surface area (TPSA) is 29.9 Å².